The summed E-state index contributed by atoms with van der Waals surface area (Å²) in [6.07, 6.45) is 2.12. The van der Waals surface area contributed by atoms with Gasteiger partial charge in [0.05, 0.1) is 16.6 Å². The molecular weight excluding hydrogens is 376 g/mol. The first-order valence-electron chi connectivity index (χ1n) is 10.8. The molecule has 0 saturated heterocycles. The van der Waals surface area contributed by atoms with E-state index in [1.807, 2.05) is 0 Å². The molecular formula is C29H21N2+. The van der Waals surface area contributed by atoms with Crippen LogP contribution in [-0.2, 0) is 7.05 Å². The van der Waals surface area contributed by atoms with E-state index in [-0.39, 0.29) is 0 Å². The maximum absolute atomic E-state index is 2.48. The average Bonchev–Trinajstić information content (AvgIpc) is 3.30. The Hall–Kier alpha value is -3.91. The molecule has 7 rings (SSSR count). The molecule has 146 valence electrons. The molecule has 0 atom stereocenters. The number of pyridine rings is 1. The number of hydrogen-bond acceptors (Lipinski definition) is 0. The van der Waals surface area contributed by atoms with Gasteiger partial charge in [-0.05, 0) is 47.5 Å². The number of nitrogens with zero attached hydrogens (tertiary/aromatic N) is 2. The molecule has 0 amide bonds. The molecule has 0 aliphatic heterocycles. The van der Waals surface area contributed by atoms with E-state index >= 15 is 0 Å². The highest BCUT2D eigenvalue weighted by atomic mass is 14.9. The minimum absolute atomic E-state index is 1.24. The fourth-order valence-corrected chi connectivity index (χ4v) is 5.48. The molecule has 0 N–H and O–H groups in total. The highest BCUT2D eigenvalue weighted by molar-refractivity contribution is 6.28. The molecule has 0 unspecified atom stereocenters. The Balaban J connectivity index is 1.70. The molecule has 4 aromatic carbocycles. The summed E-state index contributed by atoms with van der Waals surface area (Å²) < 4.78 is 4.68. The molecule has 0 saturated carbocycles. The summed E-state index contributed by atoms with van der Waals surface area (Å²) in [5, 5.41) is 7.96. The summed E-state index contributed by atoms with van der Waals surface area (Å²) in [5.41, 5.74) is 7.73. The van der Waals surface area contributed by atoms with E-state index in [1.54, 1.807) is 0 Å². The van der Waals surface area contributed by atoms with Crippen molar-refractivity contribution in [2.24, 2.45) is 7.05 Å². The fourth-order valence-electron chi connectivity index (χ4n) is 5.48. The maximum Gasteiger partial charge on any atom is 0.212 e. The van der Waals surface area contributed by atoms with Crippen LogP contribution in [0.1, 0.15) is 5.56 Å². The molecule has 3 heterocycles. The predicted octanol–water partition coefficient (Wildman–Crippen LogP) is 6.79. The van der Waals surface area contributed by atoms with Gasteiger partial charge in [-0.3, -0.25) is 0 Å². The van der Waals surface area contributed by atoms with Crippen LogP contribution in [0.25, 0.3) is 60.1 Å². The van der Waals surface area contributed by atoms with Gasteiger partial charge < -0.3 is 4.40 Å². The molecule has 0 radical (unpaired) electrons. The normalized spacial score (nSPS) is 12.2. The smallest absolute Gasteiger partial charge is 0.212 e. The van der Waals surface area contributed by atoms with Crippen molar-refractivity contribution in [3.8, 4) is 11.3 Å². The zero-order chi connectivity index (χ0) is 20.7. The highest BCUT2D eigenvalue weighted by Crippen LogP contribution is 2.42. The summed E-state index contributed by atoms with van der Waals surface area (Å²) in [6.45, 7) is 2.23. The number of aryl methyl sites for hydroxylation is 2. The lowest BCUT2D eigenvalue weighted by Crippen LogP contribution is -2.30. The first-order valence-corrected chi connectivity index (χ1v) is 10.8. The summed E-state index contributed by atoms with van der Waals surface area (Å²) in [6, 6.07) is 31.2. The predicted molar refractivity (Wildman–Crippen MR) is 130 cm³/mol. The molecule has 0 aliphatic rings. The molecule has 0 fully saturated rings. The zero-order valence-corrected chi connectivity index (χ0v) is 17.6. The van der Waals surface area contributed by atoms with Crippen LogP contribution < -0.4 is 4.57 Å². The first kappa shape index (κ1) is 16.8. The van der Waals surface area contributed by atoms with Crippen molar-refractivity contribution in [1.82, 2.24) is 4.40 Å². The van der Waals surface area contributed by atoms with Crippen LogP contribution in [0.15, 0.2) is 91.1 Å². The minimum Gasteiger partial charge on any atom is -0.308 e. The van der Waals surface area contributed by atoms with Crippen LogP contribution in [0.3, 0.4) is 0 Å². The van der Waals surface area contributed by atoms with Gasteiger partial charge in [0.15, 0.2) is 6.20 Å². The largest absolute Gasteiger partial charge is 0.308 e. The number of aromatic nitrogens is 2. The van der Waals surface area contributed by atoms with Crippen molar-refractivity contribution < 1.29 is 4.57 Å². The van der Waals surface area contributed by atoms with Crippen molar-refractivity contribution in [1.29, 1.82) is 0 Å². The highest BCUT2D eigenvalue weighted by Gasteiger charge is 2.21. The summed E-state index contributed by atoms with van der Waals surface area (Å²) in [4.78, 5) is 0. The summed E-state index contributed by atoms with van der Waals surface area (Å²) in [5.74, 6) is 0. The Morgan fingerprint density at radius 2 is 1.48 bits per heavy atom. The van der Waals surface area contributed by atoms with Gasteiger partial charge in [0.2, 0.25) is 5.69 Å². The number of hydrogen-bond donors (Lipinski definition) is 0. The van der Waals surface area contributed by atoms with Gasteiger partial charge in [-0.25, -0.2) is 4.57 Å². The lowest BCUT2D eigenvalue weighted by Gasteiger charge is -2.07. The standard InChI is InChI=1S/C29H21N2/c1-18-16-27-24(17-23(18)25-12-5-6-15-30(25)2)21-10-7-11-22-28-20-9-4-3-8-19(20)13-14-26(28)31(27)29(21)22/h3-17H,1-2H3/q+1. The van der Waals surface area contributed by atoms with E-state index in [2.05, 4.69) is 114 Å². The number of rotatable bonds is 1. The Morgan fingerprint density at radius 1 is 0.677 bits per heavy atom. The van der Waals surface area contributed by atoms with E-state index in [9.17, 15) is 0 Å². The van der Waals surface area contributed by atoms with Crippen LogP contribution in [0.2, 0.25) is 0 Å². The van der Waals surface area contributed by atoms with Crippen molar-refractivity contribution >= 4 is 48.9 Å². The van der Waals surface area contributed by atoms with Gasteiger partial charge in [0.1, 0.15) is 7.05 Å². The van der Waals surface area contributed by atoms with E-state index in [0.717, 1.165) is 0 Å². The molecule has 31 heavy (non-hydrogen) atoms. The first-order chi connectivity index (χ1) is 15.2. The second-order valence-corrected chi connectivity index (χ2v) is 8.60. The SMILES string of the molecule is Cc1cc2c(cc1-c1cccc[n+]1C)c1cccc3c4c5ccccc5ccc4n2c13. The molecule has 0 aliphatic carbocycles. The van der Waals surface area contributed by atoms with Crippen molar-refractivity contribution in [2.75, 3.05) is 0 Å². The molecule has 0 bridgehead atoms. The van der Waals surface area contributed by atoms with Crippen LogP contribution in [-0.4, -0.2) is 4.40 Å². The van der Waals surface area contributed by atoms with Gasteiger partial charge in [-0.1, -0.05) is 48.5 Å². The average molecular weight is 398 g/mol. The van der Waals surface area contributed by atoms with E-state index in [1.165, 1.54) is 65.7 Å². The minimum atomic E-state index is 1.24. The molecule has 2 nitrogen and oxygen atoms in total. The Labute approximate surface area is 179 Å². The summed E-state index contributed by atoms with van der Waals surface area (Å²) in [7, 11) is 2.12. The molecule has 3 aromatic heterocycles. The third-order valence-electron chi connectivity index (χ3n) is 6.88. The van der Waals surface area contributed by atoms with Gasteiger partial charge in [-0.2, -0.15) is 0 Å². The third-order valence-corrected chi connectivity index (χ3v) is 6.88. The second kappa shape index (κ2) is 5.83. The molecule has 2 heteroatoms. The summed E-state index contributed by atoms with van der Waals surface area (Å²) >= 11 is 0. The topological polar surface area (TPSA) is 8.29 Å². The Bertz CT molecular complexity index is 1800. The molecule has 7 aromatic rings. The van der Waals surface area contributed by atoms with Crippen molar-refractivity contribution in [3.63, 3.8) is 0 Å². The zero-order valence-electron chi connectivity index (χ0n) is 17.6. The number of benzene rings is 4. The molecule has 0 spiro atoms. The second-order valence-electron chi connectivity index (χ2n) is 8.60. The van der Waals surface area contributed by atoms with Gasteiger partial charge in [0, 0.05) is 39.2 Å². The van der Waals surface area contributed by atoms with Crippen molar-refractivity contribution in [3.05, 3.63) is 96.7 Å². The quantitative estimate of drug-likeness (QED) is 0.270. The Morgan fingerprint density at radius 3 is 2.39 bits per heavy atom. The fraction of sp³-hybridized carbons (Fsp3) is 0.0690. The Kier molecular flexibility index (Phi) is 3.17. The number of fused-ring (bicyclic) bond motifs is 8. The lowest BCUT2D eigenvalue weighted by molar-refractivity contribution is -0.660. The van der Waals surface area contributed by atoms with Crippen molar-refractivity contribution in [2.45, 2.75) is 6.92 Å². The van der Waals surface area contributed by atoms with Gasteiger partial charge in [-0.15, -0.1) is 0 Å². The monoisotopic (exact) mass is 397 g/mol. The lowest BCUT2D eigenvalue weighted by atomic mass is 9.99. The van der Waals surface area contributed by atoms with Gasteiger partial charge >= 0.3 is 0 Å². The number of para-hydroxylation sites is 1. The third kappa shape index (κ3) is 2.09. The maximum atomic E-state index is 2.48. The van der Waals surface area contributed by atoms with Gasteiger partial charge in [0.25, 0.3) is 0 Å². The van der Waals surface area contributed by atoms with E-state index in [0.29, 0.717) is 0 Å². The van der Waals surface area contributed by atoms with E-state index < -0.39 is 0 Å². The van der Waals surface area contributed by atoms with E-state index in [4.69, 9.17) is 0 Å². The van der Waals surface area contributed by atoms with Crippen LogP contribution in [0.4, 0.5) is 0 Å². The van der Waals surface area contributed by atoms with Crippen LogP contribution in [0, 0.1) is 6.92 Å². The van der Waals surface area contributed by atoms with Crippen LogP contribution >= 0.6 is 0 Å². The van der Waals surface area contributed by atoms with Crippen LogP contribution in [0.5, 0.6) is 0 Å².